The average molecular weight is 423 g/mol. The van der Waals surface area contributed by atoms with Crippen molar-refractivity contribution in [2.75, 3.05) is 17.7 Å². The van der Waals surface area contributed by atoms with Crippen LogP contribution in [0.25, 0.3) is 0 Å². The molecule has 0 atom stereocenters. The molecule has 0 saturated carbocycles. The predicted molar refractivity (Wildman–Crippen MR) is 121 cm³/mol. The van der Waals surface area contributed by atoms with Crippen molar-refractivity contribution in [3.05, 3.63) is 83.7 Å². The third-order valence-electron chi connectivity index (χ3n) is 4.74. The van der Waals surface area contributed by atoms with Gasteiger partial charge in [0.15, 0.2) is 11.5 Å². The van der Waals surface area contributed by atoms with Crippen LogP contribution in [0, 0.1) is 11.7 Å². The maximum Gasteiger partial charge on any atom is 0.226 e. The lowest BCUT2D eigenvalue weighted by atomic mass is 10.1. The smallest absolute Gasteiger partial charge is 0.226 e. The molecule has 0 bridgehead atoms. The molecule has 162 valence electrons. The molecule has 3 aromatic carbocycles. The number of anilines is 2. The summed E-state index contributed by atoms with van der Waals surface area (Å²) in [4.78, 5) is 11.8. The number of para-hydroxylation sites is 1. The highest BCUT2D eigenvalue weighted by atomic mass is 19.1. The van der Waals surface area contributed by atoms with Crippen molar-refractivity contribution in [3.8, 4) is 11.5 Å². The summed E-state index contributed by atoms with van der Waals surface area (Å²) in [6.07, 6.45) is 0. The molecule has 0 aromatic heterocycles. The van der Waals surface area contributed by atoms with Crippen LogP contribution in [0.2, 0.25) is 0 Å². The molecule has 5 nitrogen and oxygen atoms in total. The normalized spacial score (nSPS) is 10.6. The van der Waals surface area contributed by atoms with Gasteiger partial charge in [-0.15, -0.1) is 0 Å². The van der Waals surface area contributed by atoms with Crippen molar-refractivity contribution in [2.24, 2.45) is 5.92 Å². The summed E-state index contributed by atoms with van der Waals surface area (Å²) in [5, 5.41) is 6.24. The monoisotopic (exact) mass is 422 g/mol. The Morgan fingerprint density at radius 3 is 2.29 bits per heavy atom. The summed E-state index contributed by atoms with van der Waals surface area (Å²) in [6, 6.07) is 19.5. The second-order valence-corrected chi connectivity index (χ2v) is 7.44. The number of amides is 1. The van der Waals surface area contributed by atoms with Gasteiger partial charge in [-0.3, -0.25) is 4.79 Å². The Morgan fingerprint density at radius 1 is 0.968 bits per heavy atom. The molecular weight excluding hydrogens is 395 g/mol. The van der Waals surface area contributed by atoms with E-state index in [1.807, 2.05) is 56.3 Å². The number of rotatable bonds is 9. The molecule has 0 heterocycles. The highest BCUT2D eigenvalue weighted by Crippen LogP contribution is 2.32. The van der Waals surface area contributed by atoms with E-state index in [0.29, 0.717) is 24.7 Å². The van der Waals surface area contributed by atoms with E-state index in [0.717, 1.165) is 22.5 Å². The Labute approximate surface area is 182 Å². The molecule has 3 rings (SSSR count). The molecule has 31 heavy (non-hydrogen) atoms. The summed E-state index contributed by atoms with van der Waals surface area (Å²) < 4.78 is 24.6. The Kier molecular flexibility index (Phi) is 7.49. The van der Waals surface area contributed by atoms with Crippen LogP contribution in [0.4, 0.5) is 15.8 Å². The van der Waals surface area contributed by atoms with Gasteiger partial charge in [-0.1, -0.05) is 38.1 Å². The van der Waals surface area contributed by atoms with E-state index in [4.69, 9.17) is 9.47 Å². The van der Waals surface area contributed by atoms with E-state index in [-0.39, 0.29) is 17.6 Å². The third kappa shape index (κ3) is 6.22. The zero-order valence-corrected chi connectivity index (χ0v) is 17.9. The Bertz CT molecular complexity index is 1000. The van der Waals surface area contributed by atoms with Gasteiger partial charge in [0.25, 0.3) is 0 Å². The Balaban J connectivity index is 1.67. The van der Waals surface area contributed by atoms with Crippen LogP contribution in [-0.2, 0) is 17.9 Å². The fourth-order valence-corrected chi connectivity index (χ4v) is 2.92. The summed E-state index contributed by atoms with van der Waals surface area (Å²) in [6.45, 7) is 4.54. The topological polar surface area (TPSA) is 59.6 Å². The number of ether oxygens (including phenoxy) is 2. The maximum absolute atomic E-state index is 13.1. The van der Waals surface area contributed by atoms with Gasteiger partial charge in [0.05, 0.1) is 7.11 Å². The first-order chi connectivity index (χ1) is 15.0. The number of carbonyl (C=O) groups is 1. The average Bonchev–Trinajstić information content (AvgIpc) is 2.78. The number of carbonyl (C=O) groups excluding carboxylic acids is 1. The minimum absolute atomic E-state index is 0.0139. The molecule has 0 radical (unpaired) electrons. The quantitative estimate of drug-likeness (QED) is 0.470. The molecule has 0 aliphatic rings. The van der Waals surface area contributed by atoms with E-state index in [1.165, 1.54) is 12.1 Å². The minimum atomic E-state index is -0.277. The number of hydrogen-bond acceptors (Lipinski definition) is 4. The van der Waals surface area contributed by atoms with Crippen LogP contribution < -0.4 is 20.1 Å². The maximum atomic E-state index is 13.1. The molecule has 3 aromatic rings. The molecule has 6 heteroatoms. The van der Waals surface area contributed by atoms with Gasteiger partial charge in [-0.05, 0) is 48.0 Å². The van der Waals surface area contributed by atoms with Crippen molar-refractivity contribution < 1.29 is 18.7 Å². The van der Waals surface area contributed by atoms with E-state index >= 15 is 0 Å². The van der Waals surface area contributed by atoms with Gasteiger partial charge in [-0.2, -0.15) is 0 Å². The van der Waals surface area contributed by atoms with Gasteiger partial charge in [0, 0.05) is 29.4 Å². The van der Waals surface area contributed by atoms with E-state index in [1.54, 1.807) is 19.2 Å². The molecular formula is C25H27FN2O3. The van der Waals surface area contributed by atoms with Gasteiger partial charge in [0.1, 0.15) is 12.4 Å². The second kappa shape index (κ2) is 10.5. The Morgan fingerprint density at radius 2 is 1.65 bits per heavy atom. The van der Waals surface area contributed by atoms with Gasteiger partial charge < -0.3 is 20.1 Å². The van der Waals surface area contributed by atoms with Crippen molar-refractivity contribution in [2.45, 2.75) is 27.0 Å². The van der Waals surface area contributed by atoms with Crippen LogP contribution in [0.5, 0.6) is 11.5 Å². The molecule has 0 fully saturated rings. The molecule has 0 aliphatic heterocycles. The van der Waals surface area contributed by atoms with Crippen molar-refractivity contribution in [3.63, 3.8) is 0 Å². The fraction of sp³-hybridized carbons (Fsp3) is 0.240. The number of benzene rings is 3. The highest BCUT2D eigenvalue weighted by molar-refractivity contribution is 5.92. The molecule has 0 unspecified atom stereocenters. The fourth-order valence-electron chi connectivity index (χ4n) is 2.92. The predicted octanol–water partition coefficient (Wildman–Crippen LogP) is 5.62. The number of methoxy groups -OCH3 is 1. The third-order valence-corrected chi connectivity index (χ3v) is 4.74. The standard InChI is InChI=1S/C25H27FN2O3/c1-17(2)25(29)28-22-13-11-21(12-14-22)27-15-19-5-4-6-23(30-3)24(19)31-16-18-7-9-20(26)10-8-18/h4-14,17,27H,15-16H2,1-3H3,(H,28,29). The van der Waals surface area contributed by atoms with Crippen LogP contribution >= 0.6 is 0 Å². The summed E-state index contributed by atoms with van der Waals surface area (Å²) in [5.41, 5.74) is 3.47. The van der Waals surface area contributed by atoms with E-state index in [9.17, 15) is 9.18 Å². The first-order valence-corrected chi connectivity index (χ1v) is 10.1. The lowest BCUT2D eigenvalue weighted by Crippen LogP contribution is -2.17. The zero-order valence-electron chi connectivity index (χ0n) is 17.9. The largest absolute Gasteiger partial charge is 0.493 e. The summed E-state index contributed by atoms with van der Waals surface area (Å²) in [5.74, 6) is 0.913. The first kappa shape index (κ1) is 22.2. The van der Waals surface area contributed by atoms with Crippen LogP contribution in [0.3, 0.4) is 0 Å². The lowest BCUT2D eigenvalue weighted by molar-refractivity contribution is -0.118. The van der Waals surface area contributed by atoms with Gasteiger partial charge in [-0.25, -0.2) is 4.39 Å². The first-order valence-electron chi connectivity index (χ1n) is 10.1. The van der Waals surface area contributed by atoms with Crippen LogP contribution in [0.15, 0.2) is 66.7 Å². The second-order valence-electron chi connectivity index (χ2n) is 7.44. The number of hydrogen-bond donors (Lipinski definition) is 2. The van der Waals surface area contributed by atoms with Crippen molar-refractivity contribution >= 4 is 17.3 Å². The van der Waals surface area contributed by atoms with E-state index < -0.39 is 0 Å². The Hall–Kier alpha value is -3.54. The number of halogens is 1. The molecule has 0 aliphatic carbocycles. The van der Waals surface area contributed by atoms with Crippen molar-refractivity contribution in [1.82, 2.24) is 0 Å². The summed E-state index contributed by atoms with van der Waals surface area (Å²) in [7, 11) is 1.60. The minimum Gasteiger partial charge on any atom is -0.493 e. The van der Waals surface area contributed by atoms with Crippen molar-refractivity contribution in [1.29, 1.82) is 0 Å². The van der Waals surface area contributed by atoms with Gasteiger partial charge >= 0.3 is 0 Å². The summed E-state index contributed by atoms with van der Waals surface area (Å²) >= 11 is 0. The lowest BCUT2D eigenvalue weighted by Gasteiger charge is -2.16. The van der Waals surface area contributed by atoms with Gasteiger partial charge in [0.2, 0.25) is 5.91 Å². The number of nitrogens with one attached hydrogen (secondary N) is 2. The molecule has 0 saturated heterocycles. The molecule has 2 N–H and O–H groups in total. The molecule has 1 amide bonds. The van der Waals surface area contributed by atoms with E-state index in [2.05, 4.69) is 10.6 Å². The molecule has 0 spiro atoms. The van der Waals surface area contributed by atoms with Crippen LogP contribution in [-0.4, -0.2) is 13.0 Å². The SMILES string of the molecule is COc1cccc(CNc2ccc(NC(=O)C(C)C)cc2)c1OCc1ccc(F)cc1. The highest BCUT2D eigenvalue weighted by Gasteiger charge is 2.12. The zero-order chi connectivity index (χ0) is 22.2. The van der Waals surface area contributed by atoms with Crippen LogP contribution in [0.1, 0.15) is 25.0 Å².